The lowest BCUT2D eigenvalue weighted by molar-refractivity contribution is -0.384. The van der Waals surface area contributed by atoms with E-state index < -0.39 is 35.5 Å². The highest BCUT2D eigenvalue weighted by atomic mass is 32.3. The van der Waals surface area contributed by atoms with E-state index in [1.54, 1.807) is 0 Å². The van der Waals surface area contributed by atoms with Crippen LogP contribution in [0.4, 0.5) is 15.3 Å². The molecule has 0 aromatic heterocycles. The van der Waals surface area contributed by atoms with Crippen molar-refractivity contribution in [3.8, 4) is 0 Å². The van der Waals surface area contributed by atoms with Gasteiger partial charge in [0.25, 0.3) is 5.69 Å². The number of nitro benzene ring substituents is 1. The normalized spacial score (nSPS) is 12.2. The van der Waals surface area contributed by atoms with E-state index in [-0.39, 0.29) is 5.69 Å². The summed E-state index contributed by atoms with van der Waals surface area (Å²) in [6, 6.07) is 2.31. The van der Waals surface area contributed by atoms with E-state index in [1.165, 1.54) is 12.5 Å². The topological polar surface area (TPSA) is 107 Å². The van der Waals surface area contributed by atoms with Gasteiger partial charge in [-0.3, -0.25) is 10.1 Å². The van der Waals surface area contributed by atoms with Crippen LogP contribution in [0.15, 0.2) is 27.5 Å². The maximum Gasteiger partial charge on any atom is 0.332 e. The van der Waals surface area contributed by atoms with Crippen LogP contribution in [0.25, 0.3) is 0 Å². The molecule has 0 atom stereocenters. The third-order valence-corrected chi connectivity index (χ3v) is 3.20. The molecule has 0 unspecified atom stereocenters. The molecule has 1 aromatic carbocycles. The zero-order valence-electron chi connectivity index (χ0n) is 9.36. The Morgan fingerprint density at radius 1 is 1.28 bits per heavy atom. The quantitative estimate of drug-likeness (QED) is 0.478. The first-order valence-corrected chi connectivity index (χ1v) is 8.12. The number of nitro groups is 1. The summed E-state index contributed by atoms with van der Waals surface area (Å²) in [7, 11) is -7.69. The van der Waals surface area contributed by atoms with Crippen LogP contribution < -0.4 is 0 Å². The minimum absolute atomic E-state index is 0.262. The van der Waals surface area contributed by atoms with Crippen molar-refractivity contribution in [3.63, 3.8) is 0 Å². The lowest BCUT2D eigenvalue weighted by Gasteiger charge is -2.01. The standard InChI is InChI=1S/C8H9FN2O5S2/c1-17(2,14)10-7-4-3-6(18(9,15)16)5-8(7)11(12)13/h3-5H,1-2H3. The molecule has 0 amide bonds. The lowest BCUT2D eigenvalue weighted by atomic mass is 10.3. The van der Waals surface area contributed by atoms with E-state index in [4.69, 9.17) is 0 Å². The Labute approximate surface area is 103 Å². The first kappa shape index (κ1) is 14.5. The smallest absolute Gasteiger partial charge is 0.258 e. The van der Waals surface area contributed by atoms with Crippen LogP contribution in [0.3, 0.4) is 0 Å². The predicted octanol–water partition coefficient (Wildman–Crippen LogP) is 1.61. The van der Waals surface area contributed by atoms with E-state index in [0.29, 0.717) is 6.07 Å². The number of nitrogens with zero attached hydrogens (tertiary/aromatic N) is 2. The second-order valence-corrected chi connectivity index (χ2v) is 7.51. The fourth-order valence-electron chi connectivity index (χ4n) is 1.12. The van der Waals surface area contributed by atoms with Crippen molar-refractivity contribution in [2.45, 2.75) is 4.90 Å². The molecule has 0 saturated heterocycles. The molecule has 1 aromatic rings. The van der Waals surface area contributed by atoms with E-state index >= 15 is 0 Å². The summed E-state index contributed by atoms with van der Waals surface area (Å²) >= 11 is 0. The summed E-state index contributed by atoms with van der Waals surface area (Å²) in [6.07, 6.45) is 2.52. The highest BCUT2D eigenvalue weighted by Crippen LogP contribution is 2.31. The van der Waals surface area contributed by atoms with Crippen LogP contribution in [0.1, 0.15) is 0 Å². The fourth-order valence-corrected chi connectivity index (χ4v) is 2.23. The Hall–Kier alpha value is -1.55. The highest BCUT2D eigenvalue weighted by molar-refractivity contribution is 7.92. The predicted molar refractivity (Wildman–Crippen MR) is 63.5 cm³/mol. The molecule has 18 heavy (non-hydrogen) atoms. The van der Waals surface area contributed by atoms with E-state index in [1.807, 2.05) is 0 Å². The summed E-state index contributed by atoms with van der Waals surface area (Å²) in [6.45, 7) is 0. The molecule has 0 aliphatic heterocycles. The molecule has 0 aliphatic carbocycles. The molecule has 1 rings (SSSR count). The van der Waals surface area contributed by atoms with Gasteiger partial charge in [-0.15, -0.1) is 3.89 Å². The zero-order chi connectivity index (χ0) is 14.1. The fraction of sp³-hybridized carbons (Fsp3) is 0.250. The largest absolute Gasteiger partial charge is 0.332 e. The van der Waals surface area contributed by atoms with Gasteiger partial charge >= 0.3 is 10.2 Å². The maximum absolute atomic E-state index is 12.7. The van der Waals surface area contributed by atoms with E-state index in [0.717, 1.165) is 12.1 Å². The molecule has 0 fully saturated rings. The zero-order valence-corrected chi connectivity index (χ0v) is 11.0. The second-order valence-electron chi connectivity index (χ2n) is 3.62. The molecular weight excluding hydrogens is 287 g/mol. The van der Waals surface area contributed by atoms with E-state index in [2.05, 4.69) is 4.36 Å². The summed E-state index contributed by atoms with van der Waals surface area (Å²) in [4.78, 5) is 8.96. The third kappa shape index (κ3) is 3.74. The Morgan fingerprint density at radius 2 is 1.83 bits per heavy atom. The van der Waals surface area contributed by atoms with Crippen molar-refractivity contribution in [2.24, 2.45) is 4.36 Å². The first-order chi connectivity index (χ1) is 8.00. The summed E-state index contributed by atoms with van der Waals surface area (Å²) in [5.74, 6) is 0. The van der Waals surface area contributed by atoms with Crippen molar-refractivity contribution >= 4 is 31.3 Å². The number of hydrogen-bond donors (Lipinski definition) is 0. The molecule has 0 heterocycles. The van der Waals surface area contributed by atoms with Crippen LogP contribution >= 0.6 is 0 Å². The van der Waals surface area contributed by atoms with Crippen molar-refractivity contribution in [3.05, 3.63) is 28.3 Å². The SMILES string of the molecule is CS(C)(=O)=Nc1ccc(S(=O)(=O)F)cc1[N+](=O)[O-]. The van der Waals surface area contributed by atoms with Gasteiger partial charge in [-0.1, -0.05) is 0 Å². The van der Waals surface area contributed by atoms with Gasteiger partial charge in [-0.05, 0) is 12.1 Å². The number of rotatable bonds is 3. The van der Waals surface area contributed by atoms with Crippen LogP contribution in [0.2, 0.25) is 0 Å². The van der Waals surface area contributed by atoms with Gasteiger partial charge in [-0.25, -0.2) is 4.21 Å². The van der Waals surface area contributed by atoms with Crippen molar-refractivity contribution in [1.82, 2.24) is 0 Å². The van der Waals surface area contributed by atoms with Gasteiger partial charge in [0.15, 0.2) is 5.69 Å². The monoisotopic (exact) mass is 296 g/mol. The van der Waals surface area contributed by atoms with Crippen LogP contribution in [0, 0.1) is 10.1 Å². The average molecular weight is 296 g/mol. The number of hydrogen-bond acceptors (Lipinski definition) is 6. The highest BCUT2D eigenvalue weighted by Gasteiger charge is 2.21. The third-order valence-electron chi connectivity index (χ3n) is 1.74. The van der Waals surface area contributed by atoms with Crippen molar-refractivity contribution in [2.75, 3.05) is 12.5 Å². The Morgan fingerprint density at radius 3 is 2.22 bits per heavy atom. The summed E-state index contributed by atoms with van der Waals surface area (Å²) in [5, 5.41) is 10.7. The molecule has 100 valence electrons. The van der Waals surface area contributed by atoms with Gasteiger partial charge in [0.2, 0.25) is 0 Å². The van der Waals surface area contributed by atoms with Gasteiger partial charge in [0, 0.05) is 28.3 Å². The molecule has 7 nitrogen and oxygen atoms in total. The van der Waals surface area contributed by atoms with Gasteiger partial charge in [0.1, 0.15) is 4.90 Å². The van der Waals surface area contributed by atoms with Gasteiger partial charge in [0.05, 0.1) is 4.92 Å². The first-order valence-electron chi connectivity index (χ1n) is 4.41. The van der Waals surface area contributed by atoms with Crippen LogP contribution in [-0.2, 0) is 20.0 Å². The maximum atomic E-state index is 12.7. The molecular formula is C8H9FN2O5S2. The van der Waals surface area contributed by atoms with Crippen LogP contribution in [0.5, 0.6) is 0 Å². The van der Waals surface area contributed by atoms with Crippen molar-refractivity contribution in [1.29, 1.82) is 0 Å². The molecule has 0 N–H and O–H groups in total. The Balaban J connectivity index is 3.60. The Bertz CT molecular complexity index is 711. The molecule has 0 bridgehead atoms. The average Bonchev–Trinajstić information content (AvgIpc) is 2.13. The van der Waals surface area contributed by atoms with Crippen LogP contribution in [-0.4, -0.2) is 30.1 Å². The second kappa shape index (κ2) is 4.61. The summed E-state index contributed by atoms with van der Waals surface area (Å²) in [5.41, 5.74) is -0.979. The minimum atomic E-state index is -5.04. The van der Waals surface area contributed by atoms with Gasteiger partial charge < -0.3 is 0 Å². The molecule has 10 heteroatoms. The number of benzene rings is 1. The minimum Gasteiger partial charge on any atom is -0.258 e. The molecule has 0 aliphatic rings. The Kier molecular flexibility index (Phi) is 3.72. The van der Waals surface area contributed by atoms with Gasteiger partial charge in [-0.2, -0.15) is 12.8 Å². The number of halogens is 1. The molecule has 0 spiro atoms. The van der Waals surface area contributed by atoms with E-state index in [9.17, 15) is 26.6 Å². The summed E-state index contributed by atoms with van der Waals surface area (Å²) < 4.78 is 49.0. The molecule has 0 radical (unpaired) electrons. The van der Waals surface area contributed by atoms with Crippen molar-refractivity contribution < 1.29 is 21.4 Å². The molecule has 0 saturated carbocycles. The lowest BCUT2D eigenvalue weighted by Crippen LogP contribution is -1.97.